The van der Waals surface area contributed by atoms with Gasteiger partial charge in [0, 0.05) is 29.7 Å². The van der Waals surface area contributed by atoms with Gasteiger partial charge in [0.25, 0.3) is 0 Å². The average Bonchev–Trinajstić information content (AvgIpc) is 2.84. The number of piperidine rings is 1. The Morgan fingerprint density at radius 1 is 1.43 bits per heavy atom. The highest BCUT2D eigenvalue weighted by molar-refractivity contribution is 9.10. The van der Waals surface area contributed by atoms with Crippen LogP contribution in [0.25, 0.3) is 5.52 Å². The number of nitrogens with two attached hydrogens (primary N) is 1. The molecule has 0 spiro atoms. The van der Waals surface area contributed by atoms with Gasteiger partial charge >= 0.3 is 0 Å². The predicted molar refractivity (Wildman–Crippen MR) is 85.4 cm³/mol. The lowest BCUT2D eigenvalue weighted by Crippen LogP contribution is -2.35. The zero-order valence-electron chi connectivity index (χ0n) is 12.1. The summed E-state index contributed by atoms with van der Waals surface area (Å²) in [6, 6.07) is 2.13. The van der Waals surface area contributed by atoms with Gasteiger partial charge in [-0.1, -0.05) is 0 Å². The van der Waals surface area contributed by atoms with Crippen LogP contribution >= 0.6 is 15.9 Å². The SMILES string of the molecule is COCCN1CCC(c2cc(Br)c3c(N)ncnn23)CC1. The highest BCUT2D eigenvalue weighted by Gasteiger charge is 2.24. The van der Waals surface area contributed by atoms with Crippen molar-refractivity contribution in [3.8, 4) is 0 Å². The lowest BCUT2D eigenvalue weighted by Gasteiger charge is -2.31. The maximum Gasteiger partial charge on any atom is 0.152 e. The molecule has 0 aliphatic carbocycles. The molecule has 2 N–H and O–H groups in total. The average molecular weight is 354 g/mol. The molecule has 1 saturated heterocycles. The highest BCUT2D eigenvalue weighted by Crippen LogP contribution is 2.34. The van der Waals surface area contributed by atoms with Crippen molar-refractivity contribution in [2.45, 2.75) is 18.8 Å². The Kier molecular flexibility index (Phi) is 4.42. The number of nitrogens with zero attached hydrogens (tertiary/aromatic N) is 4. The molecule has 7 heteroatoms. The zero-order chi connectivity index (χ0) is 14.8. The Morgan fingerprint density at radius 3 is 2.90 bits per heavy atom. The minimum atomic E-state index is 0.511. The Morgan fingerprint density at radius 2 is 2.19 bits per heavy atom. The second-order valence-electron chi connectivity index (χ2n) is 5.43. The van der Waals surface area contributed by atoms with E-state index in [0.717, 1.165) is 49.1 Å². The molecule has 0 bridgehead atoms. The van der Waals surface area contributed by atoms with E-state index in [1.54, 1.807) is 7.11 Å². The van der Waals surface area contributed by atoms with E-state index >= 15 is 0 Å². The molecule has 21 heavy (non-hydrogen) atoms. The van der Waals surface area contributed by atoms with E-state index in [1.807, 2.05) is 4.52 Å². The standard InChI is InChI=1S/C14H20BrN5O/c1-21-7-6-19-4-2-10(3-5-19)12-8-11(15)13-14(16)17-9-18-20(12)13/h8-10H,2-7H2,1H3,(H2,16,17,18). The maximum absolute atomic E-state index is 5.95. The largest absolute Gasteiger partial charge is 0.383 e. The molecular formula is C14H20BrN5O. The summed E-state index contributed by atoms with van der Waals surface area (Å²) < 4.78 is 8.05. The van der Waals surface area contributed by atoms with Crippen molar-refractivity contribution in [2.24, 2.45) is 0 Å². The van der Waals surface area contributed by atoms with Gasteiger partial charge in [-0.15, -0.1) is 0 Å². The van der Waals surface area contributed by atoms with Crippen LogP contribution < -0.4 is 5.73 Å². The molecule has 1 aliphatic heterocycles. The van der Waals surface area contributed by atoms with Crippen LogP contribution in [0.15, 0.2) is 16.9 Å². The summed E-state index contributed by atoms with van der Waals surface area (Å²) in [5, 5.41) is 4.37. The number of methoxy groups -OCH3 is 1. The summed E-state index contributed by atoms with van der Waals surface area (Å²) in [7, 11) is 1.75. The number of likely N-dealkylation sites (tertiary alicyclic amines) is 1. The fraction of sp³-hybridized carbons (Fsp3) is 0.571. The van der Waals surface area contributed by atoms with Gasteiger partial charge in [-0.2, -0.15) is 5.10 Å². The second-order valence-corrected chi connectivity index (χ2v) is 6.29. The summed E-state index contributed by atoms with van der Waals surface area (Å²) in [5.74, 6) is 1.03. The third-order valence-corrected chi connectivity index (χ3v) is 4.79. The van der Waals surface area contributed by atoms with Gasteiger partial charge in [0.15, 0.2) is 5.82 Å². The summed E-state index contributed by atoms with van der Waals surface area (Å²) >= 11 is 3.57. The third kappa shape index (κ3) is 2.90. The molecule has 0 atom stereocenters. The zero-order valence-corrected chi connectivity index (χ0v) is 13.7. The minimum Gasteiger partial charge on any atom is -0.383 e. The molecule has 3 rings (SSSR count). The van der Waals surface area contributed by atoms with Gasteiger partial charge < -0.3 is 15.4 Å². The molecule has 0 radical (unpaired) electrons. The molecular weight excluding hydrogens is 334 g/mol. The van der Waals surface area contributed by atoms with Crippen LogP contribution in [0.2, 0.25) is 0 Å². The molecule has 114 valence electrons. The van der Waals surface area contributed by atoms with Crippen LogP contribution in [0.4, 0.5) is 5.82 Å². The Balaban J connectivity index is 1.78. The Hall–Kier alpha value is -1.18. The van der Waals surface area contributed by atoms with Gasteiger partial charge in [-0.25, -0.2) is 9.50 Å². The molecule has 0 unspecified atom stereocenters. The van der Waals surface area contributed by atoms with Gasteiger partial charge in [-0.3, -0.25) is 0 Å². The van der Waals surface area contributed by atoms with Crippen molar-refractivity contribution in [3.05, 3.63) is 22.6 Å². The van der Waals surface area contributed by atoms with Gasteiger partial charge in [0.1, 0.15) is 11.8 Å². The number of hydrogen-bond donors (Lipinski definition) is 1. The van der Waals surface area contributed by atoms with Crippen LogP contribution in [0.3, 0.4) is 0 Å². The molecule has 1 fully saturated rings. The number of anilines is 1. The smallest absolute Gasteiger partial charge is 0.152 e. The normalized spacial score (nSPS) is 17.6. The number of ether oxygens (including phenoxy) is 1. The van der Waals surface area contributed by atoms with Crippen LogP contribution in [0.1, 0.15) is 24.5 Å². The van der Waals surface area contributed by atoms with Crippen molar-refractivity contribution in [1.82, 2.24) is 19.5 Å². The van der Waals surface area contributed by atoms with Crippen molar-refractivity contribution in [1.29, 1.82) is 0 Å². The molecule has 2 aromatic heterocycles. The van der Waals surface area contributed by atoms with Crippen LogP contribution in [0, 0.1) is 0 Å². The Labute approximate surface area is 132 Å². The summed E-state index contributed by atoms with van der Waals surface area (Å²) in [6.07, 6.45) is 3.78. The fourth-order valence-electron chi connectivity index (χ4n) is 3.01. The molecule has 6 nitrogen and oxygen atoms in total. The lowest BCUT2D eigenvalue weighted by atomic mass is 9.94. The van der Waals surface area contributed by atoms with E-state index < -0.39 is 0 Å². The van der Waals surface area contributed by atoms with E-state index in [9.17, 15) is 0 Å². The van der Waals surface area contributed by atoms with Crippen LogP contribution in [-0.2, 0) is 4.74 Å². The van der Waals surface area contributed by atoms with Crippen molar-refractivity contribution in [3.63, 3.8) is 0 Å². The first-order valence-corrected chi connectivity index (χ1v) is 7.99. The number of nitrogen functional groups attached to an aromatic ring is 1. The third-order valence-electron chi connectivity index (χ3n) is 4.18. The van der Waals surface area contributed by atoms with E-state index in [-0.39, 0.29) is 0 Å². The van der Waals surface area contributed by atoms with Gasteiger partial charge in [0.05, 0.1) is 6.61 Å². The first kappa shape index (κ1) is 14.7. The van der Waals surface area contributed by atoms with E-state index in [1.165, 1.54) is 12.0 Å². The minimum absolute atomic E-state index is 0.511. The van der Waals surface area contributed by atoms with Crippen molar-refractivity contribution < 1.29 is 4.74 Å². The molecule has 0 aromatic carbocycles. The first-order chi connectivity index (χ1) is 10.2. The number of hydrogen-bond acceptors (Lipinski definition) is 5. The van der Waals surface area contributed by atoms with Gasteiger partial charge in [-0.05, 0) is 47.9 Å². The summed E-state index contributed by atoms with van der Waals surface area (Å²) in [4.78, 5) is 6.52. The van der Waals surface area contributed by atoms with E-state index in [0.29, 0.717) is 11.7 Å². The molecule has 0 saturated carbocycles. The van der Waals surface area contributed by atoms with Crippen LogP contribution in [-0.4, -0.2) is 52.8 Å². The molecule has 0 amide bonds. The first-order valence-electron chi connectivity index (χ1n) is 7.19. The topological polar surface area (TPSA) is 68.7 Å². The lowest BCUT2D eigenvalue weighted by molar-refractivity contribution is 0.129. The van der Waals surface area contributed by atoms with Crippen molar-refractivity contribution in [2.75, 3.05) is 39.1 Å². The monoisotopic (exact) mass is 353 g/mol. The maximum atomic E-state index is 5.95. The number of aromatic nitrogens is 3. The quantitative estimate of drug-likeness (QED) is 0.908. The number of fused-ring (bicyclic) bond motifs is 1. The van der Waals surface area contributed by atoms with Crippen molar-refractivity contribution >= 4 is 27.3 Å². The predicted octanol–water partition coefficient (Wildman–Crippen LogP) is 1.90. The number of rotatable bonds is 4. The highest BCUT2D eigenvalue weighted by atomic mass is 79.9. The van der Waals surface area contributed by atoms with Crippen LogP contribution in [0.5, 0.6) is 0 Å². The molecule has 1 aliphatic rings. The number of halogens is 1. The molecule has 3 heterocycles. The van der Waals surface area contributed by atoms with Gasteiger partial charge in [0.2, 0.25) is 0 Å². The fourth-order valence-corrected chi connectivity index (χ4v) is 3.61. The summed E-state index contributed by atoms with van der Waals surface area (Å²) in [6.45, 7) is 4.00. The van der Waals surface area contributed by atoms with E-state index in [2.05, 4.69) is 37.0 Å². The Bertz CT molecular complexity index is 621. The second kappa shape index (κ2) is 6.29. The summed E-state index contributed by atoms with van der Waals surface area (Å²) in [5.41, 5.74) is 8.04. The van der Waals surface area contributed by atoms with E-state index in [4.69, 9.17) is 10.5 Å². The molecule has 2 aromatic rings.